The number of carbonyl (C=O) groups is 4. The van der Waals surface area contributed by atoms with Gasteiger partial charge < -0.3 is 4.74 Å². The van der Waals surface area contributed by atoms with Crippen molar-refractivity contribution in [2.24, 2.45) is 11.8 Å². The average molecular weight is 482 g/mol. The maximum absolute atomic E-state index is 13.9. The lowest BCUT2D eigenvalue weighted by Crippen LogP contribution is -2.51. The fraction of sp³-hybridized carbons (Fsp3) is 0.185. The van der Waals surface area contributed by atoms with Crippen LogP contribution in [0.5, 0.6) is 0 Å². The molecule has 36 heavy (non-hydrogen) atoms. The Morgan fingerprint density at radius 2 is 1.47 bits per heavy atom. The third-order valence-electron chi connectivity index (χ3n) is 7.28. The maximum Gasteiger partial charge on any atom is 0.269 e. The Kier molecular flexibility index (Phi) is 4.58. The monoisotopic (exact) mass is 482 g/mol. The van der Waals surface area contributed by atoms with Crippen LogP contribution >= 0.6 is 0 Å². The Labute approximate surface area is 204 Å². The highest BCUT2D eigenvalue weighted by atomic mass is 16.6. The minimum Gasteiger partial charge on any atom is -0.349 e. The third kappa shape index (κ3) is 2.68. The van der Waals surface area contributed by atoms with E-state index in [-0.39, 0.29) is 22.5 Å². The number of ketones is 2. The first kappa shape index (κ1) is 22.0. The van der Waals surface area contributed by atoms with Gasteiger partial charge in [0.25, 0.3) is 5.69 Å². The van der Waals surface area contributed by atoms with Crippen molar-refractivity contribution >= 4 is 34.8 Å². The van der Waals surface area contributed by atoms with E-state index in [0.29, 0.717) is 11.1 Å². The summed E-state index contributed by atoms with van der Waals surface area (Å²) in [6.07, 6.45) is -1.02. The standard InChI is InChI=1S/C27H18N2O7/c1-14-13-16(29(34)35)11-12-19(14)28-25(32)20-21(26(28)33)27(36-22(20)15-7-3-2-4-8-15)23(30)17-9-5-6-10-18(17)24(27)31/h2-13,20-22H,1H3/t20-,21-,22+/m0/s1. The smallest absolute Gasteiger partial charge is 0.269 e. The molecule has 9 heteroatoms. The van der Waals surface area contributed by atoms with E-state index in [1.165, 1.54) is 30.3 Å². The summed E-state index contributed by atoms with van der Waals surface area (Å²) in [5.74, 6) is -5.15. The van der Waals surface area contributed by atoms with E-state index in [1.54, 1.807) is 49.4 Å². The summed E-state index contributed by atoms with van der Waals surface area (Å²) < 4.78 is 6.22. The molecule has 0 N–H and O–H groups in total. The van der Waals surface area contributed by atoms with E-state index in [2.05, 4.69) is 0 Å². The first-order chi connectivity index (χ1) is 17.3. The number of amides is 2. The first-order valence-electron chi connectivity index (χ1n) is 11.3. The summed E-state index contributed by atoms with van der Waals surface area (Å²) in [6.45, 7) is 1.56. The molecule has 0 bridgehead atoms. The number of nitro groups is 1. The number of nitro benzene ring substituents is 1. The van der Waals surface area contributed by atoms with Crippen molar-refractivity contribution in [3.05, 3.63) is 105 Å². The van der Waals surface area contributed by atoms with Crippen LogP contribution in [0.1, 0.15) is 37.9 Å². The summed E-state index contributed by atoms with van der Waals surface area (Å²) in [5, 5.41) is 11.2. The molecule has 0 aromatic heterocycles. The minimum absolute atomic E-state index is 0.153. The van der Waals surface area contributed by atoms with E-state index in [0.717, 1.165) is 4.90 Å². The van der Waals surface area contributed by atoms with E-state index in [4.69, 9.17) is 4.74 Å². The number of benzene rings is 3. The van der Waals surface area contributed by atoms with Crippen LogP contribution < -0.4 is 4.90 Å². The largest absolute Gasteiger partial charge is 0.349 e. The number of carbonyl (C=O) groups excluding carboxylic acids is 4. The van der Waals surface area contributed by atoms with E-state index < -0.39 is 51.8 Å². The number of hydrogen-bond donors (Lipinski definition) is 0. The van der Waals surface area contributed by atoms with E-state index >= 15 is 0 Å². The van der Waals surface area contributed by atoms with Gasteiger partial charge in [0.05, 0.1) is 28.6 Å². The number of hydrogen-bond acceptors (Lipinski definition) is 7. The number of anilines is 1. The van der Waals surface area contributed by atoms with E-state index in [1.807, 2.05) is 0 Å². The first-order valence-corrected chi connectivity index (χ1v) is 11.3. The molecule has 0 unspecified atom stereocenters. The van der Waals surface area contributed by atoms with Gasteiger partial charge in [-0.05, 0) is 24.1 Å². The van der Waals surface area contributed by atoms with Gasteiger partial charge in [-0.3, -0.25) is 29.3 Å². The van der Waals surface area contributed by atoms with Crippen LogP contribution in [0.3, 0.4) is 0 Å². The molecule has 178 valence electrons. The number of imide groups is 1. The molecule has 0 radical (unpaired) electrons. The topological polar surface area (TPSA) is 124 Å². The van der Waals surface area contributed by atoms with Gasteiger partial charge in [-0.25, -0.2) is 4.90 Å². The van der Waals surface area contributed by atoms with Gasteiger partial charge in [0, 0.05) is 23.3 Å². The molecule has 2 aliphatic heterocycles. The second-order valence-electron chi connectivity index (χ2n) is 9.13. The lowest BCUT2D eigenvalue weighted by atomic mass is 9.77. The number of rotatable bonds is 3. The molecule has 9 nitrogen and oxygen atoms in total. The Morgan fingerprint density at radius 3 is 2.06 bits per heavy atom. The van der Waals surface area contributed by atoms with E-state index in [9.17, 15) is 29.3 Å². The number of Topliss-reactive ketones (excluding diaryl/α,β-unsaturated/α-hetero) is 2. The van der Waals surface area contributed by atoms with Gasteiger partial charge in [-0.2, -0.15) is 0 Å². The molecule has 2 fully saturated rings. The van der Waals surface area contributed by atoms with Crippen LogP contribution in [0, 0.1) is 28.9 Å². The molecular weight excluding hydrogens is 464 g/mol. The molecule has 2 amide bonds. The second kappa shape index (κ2) is 7.50. The summed E-state index contributed by atoms with van der Waals surface area (Å²) in [5.41, 5.74) is -0.976. The summed E-state index contributed by atoms with van der Waals surface area (Å²) in [4.78, 5) is 66.8. The predicted octanol–water partition coefficient (Wildman–Crippen LogP) is 3.60. The third-order valence-corrected chi connectivity index (χ3v) is 7.28. The van der Waals surface area contributed by atoms with Gasteiger partial charge in [-0.15, -0.1) is 0 Å². The highest BCUT2D eigenvalue weighted by Gasteiger charge is 2.74. The Bertz CT molecular complexity index is 1480. The lowest BCUT2D eigenvalue weighted by Gasteiger charge is -2.27. The van der Waals surface area contributed by atoms with Crippen LogP contribution in [0.2, 0.25) is 0 Å². The molecule has 3 aromatic carbocycles. The van der Waals surface area contributed by atoms with Gasteiger partial charge in [-0.1, -0.05) is 54.6 Å². The van der Waals surface area contributed by atoms with Gasteiger partial charge in [0.15, 0.2) is 0 Å². The van der Waals surface area contributed by atoms with Crippen molar-refractivity contribution in [1.29, 1.82) is 0 Å². The maximum atomic E-state index is 13.9. The molecule has 6 rings (SSSR count). The molecule has 3 aliphatic rings. The Hall–Kier alpha value is -4.50. The zero-order valence-electron chi connectivity index (χ0n) is 18.9. The summed E-state index contributed by atoms with van der Waals surface area (Å²) >= 11 is 0. The lowest BCUT2D eigenvalue weighted by molar-refractivity contribution is -0.384. The number of non-ortho nitro benzene ring substituents is 1. The van der Waals surface area contributed by atoms with Crippen molar-refractivity contribution in [3.8, 4) is 0 Å². The predicted molar refractivity (Wildman–Crippen MR) is 125 cm³/mol. The van der Waals surface area contributed by atoms with Crippen LogP contribution in [0.25, 0.3) is 0 Å². The molecule has 3 aromatic rings. The molecule has 3 atom stereocenters. The minimum atomic E-state index is -2.16. The molecule has 1 aliphatic carbocycles. The quantitative estimate of drug-likeness (QED) is 0.242. The number of nitrogens with zero attached hydrogens (tertiary/aromatic N) is 2. The Morgan fingerprint density at radius 1 is 0.861 bits per heavy atom. The summed E-state index contributed by atoms with van der Waals surface area (Å²) in [6, 6.07) is 18.8. The van der Waals surface area contributed by atoms with Crippen molar-refractivity contribution in [2.75, 3.05) is 4.90 Å². The van der Waals surface area contributed by atoms with Crippen LogP contribution in [0.4, 0.5) is 11.4 Å². The van der Waals surface area contributed by atoms with Crippen molar-refractivity contribution in [3.63, 3.8) is 0 Å². The SMILES string of the molecule is Cc1cc([N+](=O)[O-])ccc1N1C(=O)[C@@H]2[C@@H](c3ccccc3)OC3(C(=O)c4ccccc4C3=O)[C@@H]2C1=O. The second-order valence-corrected chi connectivity index (χ2v) is 9.13. The fourth-order valence-corrected chi connectivity index (χ4v) is 5.70. The molecular formula is C27H18N2O7. The van der Waals surface area contributed by atoms with Crippen molar-refractivity contribution < 1.29 is 28.8 Å². The van der Waals surface area contributed by atoms with Gasteiger partial charge in [0.2, 0.25) is 29.0 Å². The zero-order valence-corrected chi connectivity index (χ0v) is 18.9. The van der Waals surface area contributed by atoms with Crippen LogP contribution in [0.15, 0.2) is 72.8 Å². The zero-order chi connectivity index (χ0) is 25.4. The average Bonchev–Trinajstić information content (AvgIpc) is 3.45. The summed E-state index contributed by atoms with van der Waals surface area (Å²) in [7, 11) is 0. The number of fused-ring (bicyclic) bond motifs is 3. The Balaban J connectivity index is 1.53. The van der Waals surface area contributed by atoms with Crippen LogP contribution in [-0.4, -0.2) is 33.9 Å². The van der Waals surface area contributed by atoms with Crippen molar-refractivity contribution in [2.45, 2.75) is 18.6 Å². The van der Waals surface area contributed by atoms with Crippen molar-refractivity contribution in [1.82, 2.24) is 0 Å². The fourth-order valence-electron chi connectivity index (χ4n) is 5.70. The number of aryl methyl sites for hydroxylation is 1. The number of ether oxygens (including phenoxy) is 1. The molecule has 1 spiro atoms. The van der Waals surface area contributed by atoms with Gasteiger partial charge >= 0.3 is 0 Å². The van der Waals surface area contributed by atoms with Crippen LogP contribution in [-0.2, 0) is 14.3 Å². The van der Waals surface area contributed by atoms with Gasteiger partial charge in [0.1, 0.15) is 0 Å². The molecule has 2 saturated heterocycles. The molecule has 0 saturated carbocycles. The highest BCUT2D eigenvalue weighted by molar-refractivity contribution is 6.37. The molecule has 2 heterocycles. The highest BCUT2D eigenvalue weighted by Crippen LogP contribution is 2.57. The normalized spacial score (nSPS) is 23.9.